The lowest BCUT2D eigenvalue weighted by atomic mass is 10.1. The predicted octanol–water partition coefficient (Wildman–Crippen LogP) is 2.26. The number of rotatable bonds is 3. The topological polar surface area (TPSA) is 55.1 Å². The molecule has 0 saturated carbocycles. The van der Waals surface area contributed by atoms with Crippen LogP contribution in [0.25, 0.3) is 0 Å². The fourth-order valence-corrected chi connectivity index (χ4v) is 1.30. The summed E-state index contributed by atoms with van der Waals surface area (Å²) in [4.78, 5) is 11.6. The Balaban J connectivity index is 2.61. The Morgan fingerprint density at radius 2 is 2.06 bits per heavy atom. The Hall–Kier alpha value is -1.72. The van der Waals surface area contributed by atoms with Gasteiger partial charge in [0.2, 0.25) is 0 Å². The van der Waals surface area contributed by atoms with Crippen molar-refractivity contribution in [3.63, 3.8) is 0 Å². The van der Waals surface area contributed by atoms with Crippen LogP contribution in [0, 0.1) is 6.92 Å². The highest BCUT2D eigenvalue weighted by Crippen LogP contribution is 2.18. The zero-order valence-electron chi connectivity index (χ0n) is 9.27. The van der Waals surface area contributed by atoms with Gasteiger partial charge in [-0.3, -0.25) is 4.79 Å². The summed E-state index contributed by atoms with van der Waals surface area (Å²) in [6.45, 7) is 1.26. The van der Waals surface area contributed by atoms with E-state index in [2.05, 4.69) is 5.32 Å². The van der Waals surface area contributed by atoms with Gasteiger partial charge in [0.15, 0.2) is 0 Å². The second kappa shape index (κ2) is 5.07. The van der Waals surface area contributed by atoms with Crippen LogP contribution in [0.15, 0.2) is 18.2 Å². The van der Waals surface area contributed by atoms with Crippen molar-refractivity contribution in [1.82, 2.24) is 5.32 Å². The normalized spacial score (nSPS) is 11.3. The Morgan fingerprint density at radius 1 is 1.41 bits per heavy atom. The molecule has 94 valence electrons. The van der Waals surface area contributed by atoms with E-state index in [-0.39, 0.29) is 0 Å². The number of aryl methyl sites for hydroxylation is 1. The van der Waals surface area contributed by atoms with E-state index in [9.17, 15) is 18.0 Å². The summed E-state index contributed by atoms with van der Waals surface area (Å²) in [5, 5.41) is 2.21. The van der Waals surface area contributed by atoms with Gasteiger partial charge in [0.1, 0.15) is 0 Å². The molecular formula is C11H13F3N2O. The first kappa shape index (κ1) is 13.3. The number of carbonyl (C=O) groups is 1. The van der Waals surface area contributed by atoms with Gasteiger partial charge in [-0.25, -0.2) is 0 Å². The van der Waals surface area contributed by atoms with E-state index in [1.54, 1.807) is 19.1 Å². The monoisotopic (exact) mass is 246 g/mol. The van der Waals surface area contributed by atoms with Gasteiger partial charge in [0.25, 0.3) is 5.91 Å². The van der Waals surface area contributed by atoms with Gasteiger partial charge < -0.3 is 11.1 Å². The molecule has 17 heavy (non-hydrogen) atoms. The number of benzene rings is 1. The van der Waals surface area contributed by atoms with E-state index >= 15 is 0 Å². The van der Waals surface area contributed by atoms with Crippen LogP contribution in [0.3, 0.4) is 0 Å². The van der Waals surface area contributed by atoms with Crippen molar-refractivity contribution in [1.29, 1.82) is 0 Å². The highest BCUT2D eigenvalue weighted by Gasteiger charge is 2.26. The summed E-state index contributed by atoms with van der Waals surface area (Å²) in [7, 11) is 0. The Morgan fingerprint density at radius 3 is 2.65 bits per heavy atom. The van der Waals surface area contributed by atoms with Crippen LogP contribution >= 0.6 is 0 Å². The zero-order valence-corrected chi connectivity index (χ0v) is 9.27. The Labute approximate surface area is 96.8 Å². The van der Waals surface area contributed by atoms with Crippen LogP contribution < -0.4 is 11.1 Å². The standard InChI is InChI=1S/C11H13F3N2O/c1-7-2-3-8(15)6-9(7)10(17)16-5-4-11(12,13)14/h2-3,6H,4-5,15H2,1H3,(H,16,17). The van der Waals surface area contributed by atoms with Gasteiger partial charge in [-0.1, -0.05) is 6.07 Å². The Bertz CT molecular complexity index is 416. The molecule has 0 atom stereocenters. The highest BCUT2D eigenvalue weighted by molar-refractivity contribution is 5.96. The second-order valence-electron chi connectivity index (χ2n) is 3.70. The minimum Gasteiger partial charge on any atom is -0.399 e. The van der Waals surface area contributed by atoms with Crippen molar-refractivity contribution in [2.24, 2.45) is 0 Å². The summed E-state index contributed by atoms with van der Waals surface area (Å²) < 4.78 is 35.6. The molecule has 3 nitrogen and oxygen atoms in total. The summed E-state index contributed by atoms with van der Waals surface area (Å²) in [5.41, 5.74) is 6.87. The summed E-state index contributed by atoms with van der Waals surface area (Å²) >= 11 is 0. The van der Waals surface area contributed by atoms with Crippen LogP contribution in [0.4, 0.5) is 18.9 Å². The van der Waals surface area contributed by atoms with Crippen molar-refractivity contribution in [3.05, 3.63) is 29.3 Å². The van der Waals surface area contributed by atoms with Gasteiger partial charge in [-0.2, -0.15) is 13.2 Å². The number of nitrogens with two attached hydrogens (primary N) is 1. The van der Waals surface area contributed by atoms with Crippen LogP contribution in [0.5, 0.6) is 0 Å². The lowest BCUT2D eigenvalue weighted by Gasteiger charge is -2.09. The lowest BCUT2D eigenvalue weighted by molar-refractivity contribution is -0.132. The molecule has 1 aromatic carbocycles. The number of hydrogen-bond donors (Lipinski definition) is 2. The van der Waals surface area contributed by atoms with E-state index in [4.69, 9.17) is 5.73 Å². The fourth-order valence-electron chi connectivity index (χ4n) is 1.30. The smallest absolute Gasteiger partial charge is 0.390 e. The van der Waals surface area contributed by atoms with Crippen molar-refractivity contribution >= 4 is 11.6 Å². The van der Waals surface area contributed by atoms with Crippen molar-refractivity contribution in [2.75, 3.05) is 12.3 Å². The SMILES string of the molecule is Cc1ccc(N)cc1C(=O)NCCC(F)(F)F. The molecule has 0 bridgehead atoms. The molecule has 0 fully saturated rings. The molecule has 1 amide bonds. The Kier molecular flexibility index (Phi) is 3.98. The molecule has 0 aliphatic rings. The minimum absolute atomic E-state index is 0.298. The number of anilines is 1. The summed E-state index contributed by atoms with van der Waals surface area (Å²) in [5.74, 6) is -0.543. The van der Waals surface area contributed by atoms with Gasteiger partial charge >= 0.3 is 6.18 Å². The number of halogens is 3. The number of alkyl halides is 3. The van der Waals surface area contributed by atoms with Crippen LogP contribution in [-0.4, -0.2) is 18.6 Å². The molecule has 1 rings (SSSR count). The number of nitrogen functional groups attached to an aromatic ring is 1. The maximum absolute atomic E-state index is 11.9. The van der Waals surface area contributed by atoms with Gasteiger partial charge in [0.05, 0.1) is 6.42 Å². The first-order chi connectivity index (χ1) is 7.79. The number of carbonyl (C=O) groups excluding carboxylic acids is 1. The third-order valence-corrected chi connectivity index (χ3v) is 2.20. The van der Waals surface area contributed by atoms with Gasteiger partial charge in [0, 0.05) is 17.8 Å². The maximum Gasteiger partial charge on any atom is 0.390 e. The van der Waals surface area contributed by atoms with Crippen LogP contribution in [0.1, 0.15) is 22.3 Å². The molecule has 0 aliphatic heterocycles. The molecule has 6 heteroatoms. The van der Waals surface area contributed by atoms with Gasteiger partial charge in [-0.15, -0.1) is 0 Å². The largest absolute Gasteiger partial charge is 0.399 e. The average molecular weight is 246 g/mol. The van der Waals surface area contributed by atoms with Crippen molar-refractivity contribution < 1.29 is 18.0 Å². The predicted molar refractivity (Wildman–Crippen MR) is 58.6 cm³/mol. The third kappa shape index (κ3) is 4.34. The highest BCUT2D eigenvalue weighted by atomic mass is 19.4. The number of nitrogens with one attached hydrogen (secondary N) is 1. The molecule has 0 heterocycles. The molecule has 0 spiro atoms. The zero-order chi connectivity index (χ0) is 13.1. The van der Waals surface area contributed by atoms with Crippen molar-refractivity contribution in [2.45, 2.75) is 19.5 Å². The van der Waals surface area contributed by atoms with Crippen molar-refractivity contribution in [3.8, 4) is 0 Å². The number of hydrogen-bond acceptors (Lipinski definition) is 2. The lowest BCUT2D eigenvalue weighted by Crippen LogP contribution is -2.28. The molecule has 0 aromatic heterocycles. The summed E-state index contributed by atoms with van der Waals surface area (Å²) in [6.07, 6.45) is -5.31. The first-order valence-electron chi connectivity index (χ1n) is 5.00. The van der Waals surface area contributed by atoms with Crippen LogP contribution in [0.2, 0.25) is 0 Å². The van der Waals surface area contributed by atoms with Crippen LogP contribution in [-0.2, 0) is 0 Å². The minimum atomic E-state index is -4.27. The third-order valence-electron chi connectivity index (χ3n) is 2.20. The molecule has 1 aromatic rings. The first-order valence-corrected chi connectivity index (χ1v) is 5.00. The van der Waals surface area contributed by atoms with E-state index in [1.807, 2.05) is 0 Å². The van der Waals surface area contributed by atoms with E-state index in [0.29, 0.717) is 16.8 Å². The van der Waals surface area contributed by atoms with E-state index in [1.165, 1.54) is 6.07 Å². The van der Waals surface area contributed by atoms with Gasteiger partial charge in [-0.05, 0) is 24.6 Å². The summed E-state index contributed by atoms with van der Waals surface area (Å²) in [6, 6.07) is 4.72. The maximum atomic E-state index is 11.9. The second-order valence-corrected chi connectivity index (χ2v) is 3.70. The van der Waals surface area contributed by atoms with E-state index < -0.39 is 25.0 Å². The fraction of sp³-hybridized carbons (Fsp3) is 0.364. The number of amides is 1. The van der Waals surface area contributed by atoms with E-state index in [0.717, 1.165) is 0 Å². The molecule has 0 saturated heterocycles. The molecule has 0 aliphatic carbocycles. The molecule has 0 unspecified atom stereocenters. The molecule has 3 N–H and O–H groups in total. The molecular weight excluding hydrogens is 233 g/mol. The average Bonchev–Trinajstić information content (AvgIpc) is 2.19. The quantitative estimate of drug-likeness (QED) is 0.804. The molecule has 0 radical (unpaired) electrons.